The summed E-state index contributed by atoms with van der Waals surface area (Å²) in [7, 11) is 0. The lowest BCUT2D eigenvalue weighted by atomic mass is 10.1. The molecule has 0 aliphatic heterocycles. The number of benzene rings is 2. The third-order valence-electron chi connectivity index (χ3n) is 3.86. The molecule has 1 aromatic heterocycles. The minimum absolute atomic E-state index is 0.195. The van der Waals surface area contributed by atoms with Crippen LogP contribution in [0.3, 0.4) is 0 Å². The van der Waals surface area contributed by atoms with Gasteiger partial charge in [-0.25, -0.2) is 18.2 Å². The first-order chi connectivity index (χ1) is 12.9. The van der Waals surface area contributed by atoms with Crippen LogP contribution in [0.5, 0.6) is 0 Å². The molecule has 3 aromatic rings. The number of aryl methyl sites for hydroxylation is 1. The van der Waals surface area contributed by atoms with Crippen LogP contribution < -0.4 is 10.6 Å². The van der Waals surface area contributed by atoms with Gasteiger partial charge >= 0.3 is 0 Å². The molecule has 0 aliphatic carbocycles. The predicted molar refractivity (Wildman–Crippen MR) is 97.0 cm³/mol. The van der Waals surface area contributed by atoms with Crippen LogP contribution in [0, 0.1) is 24.4 Å². The summed E-state index contributed by atoms with van der Waals surface area (Å²) in [6.45, 7) is 2.50. The third-order valence-corrected chi connectivity index (χ3v) is 3.86. The fraction of sp³-hybridized carbons (Fsp3) is 0.100. The molecule has 0 fully saturated rings. The zero-order valence-corrected chi connectivity index (χ0v) is 14.4. The van der Waals surface area contributed by atoms with E-state index in [1.165, 1.54) is 18.3 Å². The van der Waals surface area contributed by atoms with E-state index in [1.54, 1.807) is 0 Å². The lowest BCUT2D eigenvalue weighted by Crippen LogP contribution is -2.14. The van der Waals surface area contributed by atoms with Gasteiger partial charge in [-0.05, 0) is 36.8 Å². The van der Waals surface area contributed by atoms with Crippen molar-refractivity contribution in [1.29, 1.82) is 0 Å². The van der Waals surface area contributed by atoms with Crippen LogP contribution in [0.2, 0.25) is 0 Å². The van der Waals surface area contributed by atoms with E-state index in [-0.39, 0.29) is 5.56 Å². The quantitative estimate of drug-likeness (QED) is 0.641. The normalized spacial score (nSPS) is 10.5. The fourth-order valence-electron chi connectivity index (χ4n) is 2.50. The second kappa shape index (κ2) is 7.90. The van der Waals surface area contributed by atoms with Gasteiger partial charge in [0, 0.05) is 18.3 Å². The maximum Gasteiger partial charge on any atom is 0.255 e. The highest BCUT2D eigenvalue weighted by Crippen LogP contribution is 2.20. The van der Waals surface area contributed by atoms with Crippen molar-refractivity contribution in [1.82, 2.24) is 4.98 Å². The summed E-state index contributed by atoms with van der Waals surface area (Å²) in [6, 6.07) is 12.6. The lowest BCUT2D eigenvalue weighted by molar-refractivity contribution is 0.102. The molecule has 1 amide bonds. The Balaban J connectivity index is 1.71. The first kappa shape index (κ1) is 18.4. The standard InChI is InChI=1S/C20H16F3N3O/c1-12-3-2-4-13(9-12)11-25-17-10-14(7-8-24-17)20(27)26-16-6-5-15(21)18(22)19(16)23/h2-10H,11H2,1H3,(H,24,25)(H,26,27). The summed E-state index contributed by atoms with van der Waals surface area (Å²) in [4.78, 5) is 16.4. The van der Waals surface area contributed by atoms with E-state index >= 15 is 0 Å². The summed E-state index contributed by atoms with van der Waals surface area (Å²) in [6.07, 6.45) is 1.43. The molecular formula is C20H16F3N3O. The molecule has 7 heteroatoms. The van der Waals surface area contributed by atoms with Gasteiger partial charge in [0.2, 0.25) is 0 Å². The number of carbonyl (C=O) groups is 1. The van der Waals surface area contributed by atoms with E-state index in [0.29, 0.717) is 12.4 Å². The van der Waals surface area contributed by atoms with Crippen LogP contribution in [0.25, 0.3) is 0 Å². The zero-order chi connectivity index (χ0) is 19.4. The summed E-state index contributed by atoms with van der Waals surface area (Å²) in [5.74, 6) is -4.62. The van der Waals surface area contributed by atoms with E-state index in [2.05, 4.69) is 15.6 Å². The highest BCUT2D eigenvalue weighted by molar-refractivity contribution is 6.04. The Hall–Kier alpha value is -3.35. The zero-order valence-electron chi connectivity index (χ0n) is 14.4. The maximum absolute atomic E-state index is 13.7. The van der Waals surface area contributed by atoms with Crippen molar-refractivity contribution in [2.75, 3.05) is 10.6 Å². The fourth-order valence-corrected chi connectivity index (χ4v) is 2.50. The molecule has 1 heterocycles. The van der Waals surface area contributed by atoms with Crippen molar-refractivity contribution < 1.29 is 18.0 Å². The van der Waals surface area contributed by atoms with Gasteiger partial charge in [0.05, 0.1) is 5.69 Å². The minimum atomic E-state index is -1.64. The van der Waals surface area contributed by atoms with Gasteiger partial charge in [-0.2, -0.15) is 0 Å². The molecule has 0 unspecified atom stereocenters. The Morgan fingerprint density at radius 2 is 1.85 bits per heavy atom. The first-order valence-electron chi connectivity index (χ1n) is 8.14. The van der Waals surface area contributed by atoms with Crippen molar-refractivity contribution in [2.45, 2.75) is 13.5 Å². The van der Waals surface area contributed by atoms with Crippen molar-refractivity contribution in [2.24, 2.45) is 0 Å². The van der Waals surface area contributed by atoms with E-state index in [9.17, 15) is 18.0 Å². The number of rotatable bonds is 5. The van der Waals surface area contributed by atoms with Crippen LogP contribution in [-0.4, -0.2) is 10.9 Å². The van der Waals surface area contributed by atoms with Crippen molar-refractivity contribution >= 4 is 17.4 Å². The van der Waals surface area contributed by atoms with E-state index < -0.39 is 29.0 Å². The smallest absolute Gasteiger partial charge is 0.255 e. The Morgan fingerprint density at radius 3 is 2.63 bits per heavy atom. The van der Waals surface area contributed by atoms with Crippen LogP contribution in [0.15, 0.2) is 54.7 Å². The summed E-state index contributed by atoms with van der Waals surface area (Å²) in [5.41, 5.74) is 1.94. The molecule has 0 saturated carbocycles. The number of carbonyl (C=O) groups excluding carboxylic acids is 1. The lowest BCUT2D eigenvalue weighted by Gasteiger charge is -2.10. The highest BCUT2D eigenvalue weighted by atomic mass is 19.2. The molecule has 0 spiro atoms. The molecule has 0 radical (unpaired) electrons. The number of pyridine rings is 1. The number of anilines is 2. The average molecular weight is 371 g/mol. The number of nitrogens with zero attached hydrogens (tertiary/aromatic N) is 1. The summed E-state index contributed by atoms with van der Waals surface area (Å²) >= 11 is 0. The topological polar surface area (TPSA) is 54.0 Å². The molecule has 0 bridgehead atoms. The van der Waals surface area contributed by atoms with Crippen molar-refractivity contribution in [3.05, 3.63) is 88.9 Å². The van der Waals surface area contributed by atoms with E-state index in [1.807, 2.05) is 31.2 Å². The molecular weight excluding hydrogens is 355 g/mol. The van der Waals surface area contributed by atoms with Crippen LogP contribution in [0.4, 0.5) is 24.7 Å². The molecule has 0 atom stereocenters. The maximum atomic E-state index is 13.7. The van der Waals surface area contributed by atoms with E-state index in [4.69, 9.17) is 0 Å². The molecule has 27 heavy (non-hydrogen) atoms. The predicted octanol–water partition coefficient (Wildman–Crippen LogP) is 4.67. The number of hydrogen-bond acceptors (Lipinski definition) is 3. The number of amides is 1. The van der Waals surface area contributed by atoms with Gasteiger partial charge in [0.1, 0.15) is 5.82 Å². The van der Waals surface area contributed by atoms with Gasteiger partial charge in [0.15, 0.2) is 17.5 Å². The van der Waals surface area contributed by atoms with Gasteiger partial charge in [0.25, 0.3) is 5.91 Å². The minimum Gasteiger partial charge on any atom is -0.366 e. The van der Waals surface area contributed by atoms with Gasteiger partial charge in [-0.15, -0.1) is 0 Å². The molecule has 0 aliphatic rings. The average Bonchev–Trinajstić information content (AvgIpc) is 2.67. The Labute approximate surface area is 154 Å². The number of hydrogen-bond donors (Lipinski definition) is 2. The Kier molecular flexibility index (Phi) is 5.40. The monoisotopic (exact) mass is 371 g/mol. The molecule has 3 rings (SSSR count). The van der Waals surface area contributed by atoms with Crippen molar-refractivity contribution in [3.63, 3.8) is 0 Å². The van der Waals surface area contributed by atoms with Crippen LogP contribution >= 0.6 is 0 Å². The van der Waals surface area contributed by atoms with Crippen LogP contribution in [0.1, 0.15) is 21.5 Å². The summed E-state index contributed by atoms with van der Waals surface area (Å²) in [5, 5.41) is 5.33. The molecule has 138 valence electrons. The Bertz CT molecular complexity index is 992. The third kappa shape index (κ3) is 4.44. The molecule has 2 N–H and O–H groups in total. The first-order valence-corrected chi connectivity index (χ1v) is 8.14. The molecule has 4 nitrogen and oxygen atoms in total. The SMILES string of the molecule is Cc1cccc(CNc2cc(C(=O)Nc3ccc(F)c(F)c3F)ccn2)c1. The second-order valence-electron chi connectivity index (χ2n) is 5.95. The highest BCUT2D eigenvalue weighted by Gasteiger charge is 2.16. The molecule has 0 saturated heterocycles. The van der Waals surface area contributed by atoms with Gasteiger partial charge < -0.3 is 10.6 Å². The molecule has 2 aromatic carbocycles. The van der Waals surface area contributed by atoms with Crippen molar-refractivity contribution in [3.8, 4) is 0 Å². The van der Waals surface area contributed by atoms with Gasteiger partial charge in [-0.3, -0.25) is 4.79 Å². The second-order valence-corrected chi connectivity index (χ2v) is 5.95. The Morgan fingerprint density at radius 1 is 1.04 bits per heavy atom. The number of nitrogens with one attached hydrogen (secondary N) is 2. The van der Waals surface area contributed by atoms with Crippen LogP contribution in [-0.2, 0) is 6.54 Å². The number of aromatic nitrogens is 1. The summed E-state index contributed by atoms with van der Waals surface area (Å²) < 4.78 is 40.0. The van der Waals surface area contributed by atoms with Gasteiger partial charge in [-0.1, -0.05) is 29.8 Å². The number of halogens is 3. The van der Waals surface area contributed by atoms with E-state index in [0.717, 1.165) is 23.3 Å². The largest absolute Gasteiger partial charge is 0.366 e.